The van der Waals surface area contributed by atoms with Crippen LogP contribution < -0.4 is 0 Å². The average molecular weight is 326 g/mol. The molecule has 23 heavy (non-hydrogen) atoms. The Balaban J connectivity index is 3.26. The monoisotopic (exact) mass is 325 g/mol. The van der Waals surface area contributed by atoms with E-state index in [9.17, 15) is 5.11 Å². The van der Waals surface area contributed by atoms with Crippen LogP contribution in [-0.4, -0.2) is 6.61 Å². The molecule has 0 saturated heterocycles. The van der Waals surface area contributed by atoms with Crippen LogP contribution >= 0.6 is 0 Å². The molecule has 0 aliphatic rings. The van der Waals surface area contributed by atoms with Gasteiger partial charge in [-0.3, -0.25) is 0 Å². The molecule has 0 saturated carbocycles. The molecule has 1 radical (unpaired) electrons. The maximum atomic E-state index is 11.3. The summed E-state index contributed by atoms with van der Waals surface area (Å²) in [5.74, 6) is 0.468. The molecule has 0 fully saturated rings. The standard InChI is InChI=1S/C22H45O/c1-3-5-7-9-11-12-13-14-16-18-20-22(21-23)19-17-15-10-8-6-4-2/h22H,3-21H2,1-2H3. The Kier molecular flexibility index (Phi) is 20.0. The third-order valence-electron chi connectivity index (χ3n) is 5.17. The second-order valence-corrected chi connectivity index (χ2v) is 7.56. The van der Waals surface area contributed by atoms with Gasteiger partial charge in [-0.2, -0.15) is 0 Å². The Morgan fingerprint density at radius 3 is 1.09 bits per heavy atom. The van der Waals surface area contributed by atoms with Crippen LogP contribution in [0.5, 0.6) is 0 Å². The maximum Gasteiger partial charge on any atom is 0.0850 e. The van der Waals surface area contributed by atoms with Crippen molar-refractivity contribution in [2.75, 3.05) is 6.61 Å². The minimum atomic E-state index is 0.159. The first-order chi connectivity index (χ1) is 11.3. The number of hydrogen-bond donors (Lipinski definition) is 0. The van der Waals surface area contributed by atoms with E-state index in [-0.39, 0.29) is 6.61 Å². The molecule has 0 N–H and O–H groups in total. The van der Waals surface area contributed by atoms with E-state index >= 15 is 0 Å². The summed E-state index contributed by atoms with van der Waals surface area (Å²) in [6, 6.07) is 0. The first-order valence-corrected chi connectivity index (χ1v) is 10.9. The molecule has 0 aliphatic heterocycles. The van der Waals surface area contributed by atoms with E-state index in [2.05, 4.69) is 13.8 Å². The van der Waals surface area contributed by atoms with Gasteiger partial charge in [0.1, 0.15) is 0 Å². The molecule has 0 bridgehead atoms. The van der Waals surface area contributed by atoms with Crippen LogP contribution in [0.4, 0.5) is 0 Å². The topological polar surface area (TPSA) is 19.9 Å². The summed E-state index contributed by atoms with van der Waals surface area (Å²) in [4.78, 5) is 0. The molecular formula is C22H45O. The normalized spacial score (nSPS) is 12.7. The minimum Gasteiger partial charge on any atom is -0.236 e. The van der Waals surface area contributed by atoms with Gasteiger partial charge < -0.3 is 0 Å². The van der Waals surface area contributed by atoms with Crippen LogP contribution in [0.25, 0.3) is 0 Å². The fourth-order valence-corrected chi connectivity index (χ4v) is 3.44. The van der Waals surface area contributed by atoms with E-state index < -0.39 is 0 Å². The summed E-state index contributed by atoms with van der Waals surface area (Å²) in [5.41, 5.74) is 0. The smallest absolute Gasteiger partial charge is 0.0850 e. The van der Waals surface area contributed by atoms with E-state index in [4.69, 9.17) is 0 Å². The fourth-order valence-electron chi connectivity index (χ4n) is 3.44. The van der Waals surface area contributed by atoms with Crippen molar-refractivity contribution in [3.05, 3.63) is 0 Å². The summed E-state index contributed by atoms with van der Waals surface area (Å²) in [7, 11) is 0. The van der Waals surface area contributed by atoms with Gasteiger partial charge in [-0.1, -0.05) is 117 Å². The molecule has 0 rings (SSSR count). The summed E-state index contributed by atoms with van der Waals surface area (Å²) < 4.78 is 0. The van der Waals surface area contributed by atoms with E-state index in [0.29, 0.717) is 5.92 Å². The van der Waals surface area contributed by atoms with Crippen molar-refractivity contribution in [1.82, 2.24) is 0 Å². The zero-order valence-corrected chi connectivity index (χ0v) is 16.4. The molecule has 1 heteroatoms. The molecule has 1 nitrogen and oxygen atoms in total. The molecule has 0 aliphatic carbocycles. The molecular weight excluding hydrogens is 280 g/mol. The van der Waals surface area contributed by atoms with Gasteiger partial charge >= 0.3 is 0 Å². The largest absolute Gasteiger partial charge is 0.236 e. The Morgan fingerprint density at radius 1 is 0.478 bits per heavy atom. The summed E-state index contributed by atoms with van der Waals surface area (Å²) in [6.07, 6.45) is 24.4. The first kappa shape index (κ1) is 23.0. The lowest BCUT2D eigenvalue weighted by Crippen LogP contribution is -2.05. The lowest BCUT2D eigenvalue weighted by atomic mass is 9.95. The molecule has 1 atom stereocenters. The van der Waals surface area contributed by atoms with Crippen molar-refractivity contribution >= 4 is 0 Å². The summed E-state index contributed by atoms with van der Waals surface area (Å²) >= 11 is 0. The van der Waals surface area contributed by atoms with Crippen LogP contribution in [0.15, 0.2) is 0 Å². The van der Waals surface area contributed by atoms with Gasteiger partial charge in [-0.05, 0) is 18.8 Å². The van der Waals surface area contributed by atoms with Crippen molar-refractivity contribution in [3.63, 3.8) is 0 Å². The number of hydrogen-bond acceptors (Lipinski definition) is 0. The summed E-state index contributed by atoms with van der Waals surface area (Å²) in [6.45, 7) is 4.70. The van der Waals surface area contributed by atoms with E-state index in [0.717, 1.165) is 0 Å². The van der Waals surface area contributed by atoms with E-state index in [1.165, 1.54) is 116 Å². The quantitative estimate of drug-likeness (QED) is 0.214. The van der Waals surface area contributed by atoms with Crippen LogP contribution in [0.2, 0.25) is 0 Å². The van der Waals surface area contributed by atoms with Crippen LogP contribution in [-0.2, 0) is 5.11 Å². The van der Waals surface area contributed by atoms with Gasteiger partial charge in [0.2, 0.25) is 0 Å². The van der Waals surface area contributed by atoms with Crippen molar-refractivity contribution in [2.24, 2.45) is 5.92 Å². The highest BCUT2D eigenvalue weighted by Crippen LogP contribution is 2.19. The van der Waals surface area contributed by atoms with Crippen LogP contribution in [0.1, 0.15) is 129 Å². The van der Waals surface area contributed by atoms with Crippen LogP contribution in [0, 0.1) is 5.92 Å². The number of rotatable bonds is 19. The van der Waals surface area contributed by atoms with Gasteiger partial charge in [-0.15, -0.1) is 0 Å². The Bertz CT molecular complexity index is 202. The van der Waals surface area contributed by atoms with Gasteiger partial charge in [-0.25, -0.2) is 5.11 Å². The zero-order valence-electron chi connectivity index (χ0n) is 16.4. The van der Waals surface area contributed by atoms with Gasteiger partial charge in [0.25, 0.3) is 0 Å². The predicted octanol–water partition coefficient (Wildman–Crippen LogP) is 8.09. The third-order valence-corrected chi connectivity index (χ3v) is 5.17. The molecule has 0 aromatic heterocycles. The molecule has 0 spiro atoms. The zero-order chi connectivity index (χ0) is 17.0. The molecule has 139 valence electrons. The predicted molar refractivity (Wildman–Crippen MR) is 103 cm³/mol. The Morgan fingerprint density at radius 2 is 0.783 bits per heavy atom. The Labute approximate surface area is 147 Å². The fraction of sp³-hybridized carbons (Fsp3) is 1.00. The van der Waals surface area contributed by atoms with Gasteiger partial charge in [0, 0.05) is 0 Å². The van der Waals surface area contributed by atoms with E-state index in [1.54, 1.807) is 0 Å². The highest BCUT2D eigenvalue weighted by molar-refractivity contribution is 4.59. The Hall–Kier alpha value is -0.0400. The van der Waals surface area contributed by atoms with Crippen molar-refractivity contribution in [2.45, 2.75) is 129 Å². The van der Waals surface area contributed by atoms with Crippen molar-refractivity contribution < 1.29 is 5.11 Å². The van der Waals surface area contributed by atoms with Crippen molar-refractivity contribution in [1.29, 1.82) is 0 Å². The maximum absolute atomic E-state index is 11.3. The number of unbranched alkanes of at least 4 members (excludes halogenated alkanes) is 14. The summed E-state index contributed by atoms with van der Waals surface area (Å²) in [5, 5.41) is 11.3. The molecule has 1 unspecified atom stereocenters. The van der Waals surface area contributed by atoms with Gasteiger partial charge in [0.15, 0.2) is 0 Å². The van der Waals surface area contributed by atoms with Crippen molar-refractivity contribution in [3.8, 4) is 0 Å². The highest BCUT2D eigenvalue weighted by atomic mass is 16.3. The second kappa shape index (κ2) is 20.0. The molecule has 0 heterocycles. The van der Waals surface area contributed by atoms with Gasteiger partial charge in [0.05, 0.1) is 6.61 Å². The minimum absolute atomic E-state index is 0.159. The van der Waals surface area contributed by atoms with E-state index in [1.807, 2.05) is 0 Å². The first-order valence-electron chi connectivity index (χ1n) is 10.9. The molecule has 0 aromatic rings. The highest BCUT2D eigenvalue weighted by Gasteiger charge is 2.07. The molecule has 0 amide bonds. The third kappa shape index (κ3) is 18.1. The molecule has 0 aromatic carbocycles. The lowest BCUT2D eigenvalue weighted by molar-refractivity contribution is 0.130. The SMILES string of the molecule is CCCCCCCCCCCCC(C[O])CCCCCCCC. The van der Waals surface area contributed by atoms with Crippen LogP contribution in [0.3, 0.4) is 0 Å². The lowest BCUT2D eigenvalue weighted by Gasteiger charge is -2.13. The average Bonchev–Trinajstić information content (AvgIpc) is 2.57. The second-order valence-electron chi connectivity index (χ2n) is 7.56.